The fourth-order valence-electron chi connectivity index (χ4n) is 0.471. The maximum absolute atomic E-state index is 8.67. The highest BCUT2D eigenvalue weighted by molar-refractivity contribution is 9.11. The Morgan fingerprint density at radius 2 is 2.30 bits per heavy atom. The molecule has 0 aliphatic rings. The van der Waals surface area contributed by atoms with E-state index in [2.05, 4.69) is 22.5 Å². The molecule has 10 heavy (non-hydrogen) atoms. The molecule has 0 spiro atoms. The molecule has 2 nitrogen and oxygen atoms in total. The minimum Gasteiger partial charge on any atom is -0.405 e. The zero-order chi connectivity index (χ0) is 7.98. The lowest BCUT2D eigenvalue weighted by Crippen LogP contribution is -1.87. The highest BCUT2D eigenvalue weighted by atomic mass is 79.9. The van der Waals surface area contributed by atoms with Crippen molar-refractivity contribution in [3.63, 3.8) is 0 Å². The van der Waals surface area contributed by atoms with Crippen molar-refractivity contribution in [3.8, 4) is 0 Å². The zero-order valence-corrected chi connectivity index (χ0v) is 7.13. The molecular weight excluding hydrogens is 194 g/mol. The van der Waals surface area contributed by atoms with E-state index in [-0.39, 0.29) is 6.61 Å². The van der Waals surface area contributed by atoms with Gasteiger partial charge in [-0.15, -0.1) is 0 Å². The molecule has 0 aromatic carbocycles. The largest absolute Gasteiger partial charge is 0.405 e. The van der Waals surface area contributed by atoms with Crippen molar-refractivity contribution < 1.29 is 5.11 Å². The normalized spacial score (nSPS) is 12.4. The summed E-state index contributed by atoms with van der Waals surface area (Å²) in [6.07, 6.45) is 4.69. The first-order chi connectivity index (χ1) is 4.70. The first-order valence-electron chi connectivity index (χ1n) is 2.75. The fraction of sp³-hybridized carbons (Fsp3) is 0.143. The van der Waals surface area contributed by atoms with Gasteiger partial charge >= 0.3 is 0 Å². The summed E-state index contributed by atoms with van der Waals surface area (Å²) < 4.78 is 0.717. The maximum atomic E-state index is 8.67. The summed E-state index contributed by atoms with van der Waals surface area (Å²) in [6, 6.07) is 0. The number of halogens is 1. The monoisotopic (exact) mass is 203 g/mol. The van der Waals surface area contributed by atoms with Crippen LogP contribution in [0.1, 0.15) is 0 Å². The van der Waals surface area contributed by atoms with Crippen LogP contribution >= 0.6 is 15.9 Å². The Morgan fingerprint density at radius 3 is 2.60 bits per heavy atom. The summed E-state index contributed by atoms with van der Waals surface area (Å²) >= 11 is 3.13. The molecule has 0 saturated heterocycles. The van der Waals surface area contributed by atoms with Crippen LogP contribution in [-0.4, -0.2) is 11.7 Å². The maximum Gasteiger partial charge on any atom is 0.0682 e. The molecule has 0 heterocycles. The number of aliphatic hydroxyl groups excluding tert-OH is 1. The van der Waals surface area contributed by atoms with Crippen LogP contribution in [0.3, 0.4) is 0 Å². The number of allylic oxidation sites excluding steroid dienone is 2. The van der Waals surface area contributed by atoms with Crippen molar-refractivity contribution in [3.05, 3.63) is 35.0 Å². The van der Waals surface area contributed by atoms with Crippen molar-refractivity contribution in [2.75, 3.05) is 6.61 Å². The molecule has 0 rings (SSSR count). The number of hydrogen-bond donors (Lipinski definition) is 2. The van der Waals surface area contributed by atoms with Gasteiger partial charge in [0.2, 0.25) is 0 Å². The predicted molar refractivity (Wildman–Crippen MR) is 46.6 cm³/mol. The van der Waals surface area contributed by atoms with E-state index in [4.69, 9.17) is 10.8 Å². The Kier molecular flexibility index (Phi) is 4.98. The van der Waals surface area contributed by atoms with E-state index in [1.54, 1.807) is 12.2 Å². The van der Waals surface area contributed by atoms with Crippen LogP contribution in [0.5, 0.6) is 0 Å². The number of aliphatic hydroxyl groups is 1. The Bertz CT molecular complexity index is 172. The number of rotatable bonds is 3. The van der Waals surface area contributed by atoms with Gasteiger partial charge in [0.05, 0.1) is 6.61 Å². The fourth-order valence-corrected chi connectivity index (χ4v) is 0.765. The van der Waals surface area contributed by atoms with E-state index in [9.17, 15) is 0 Å². The third-order valence-corrected chi connectivity index (χ3v) is 1.06. The summed E-state index contributed by atoms with van der Waals surface area (Å²) in [5.74, 6) is 0. The van der Waals surface area contributed by atoms with Crippen molar-refractivity contribution in [1.82, 2.24) is 0 Å². The van der Waals surface area contributed by atoms with Gasteiger partial charge in [-0.2, -0.15) is 0 Å². The van der Waals surface area contributed by atoms with Gasteiger partial charge in [0.25, 0.3) is 0 Å². The first kappa shape index (κ1) is 9.46. The van der Waals surface area contributed by atoms with E-state index in [1.807, 2.05) is 0 Å². The van der Waals surface area contributed by atoms with E-state index in [0.29, 0.717) is 0 Å². The summed E-state index contributed by atoms with van der Waals surface area (Å²) in [5, 5.41) is 8.67. The number of hydrogen-bond acceptors (Lipinski definition) is 2. The van der Waals surface area contributed by atoms with E-state index in [0.717, 1.165) is 10.1 Å². The third kappa shape index (κ3) is 4.35. The minimum absolute atomic E-state index is 0.0294. The summed E-state index contributed by atoms with van der Waals surface area (Å²) in [6.45, 7) is 3.55. The summed E-state index contributed by atoms with van der Waals surface area (Å²) in [5.41, 5.74) is 5.83. The molecule has 0 fully saturated rings. The standard InChI is InChI=1S/C7H10BrNO/c1-6(8)4-7(5-10)2-3-9/h2-4,10H,1,5,9H2/b3-2-,7-4+. The average Bonchev–Trinajstić information content (AvgIpc) is 1.86. The minimum atomic E-state index is -0.0294. The molecule has 56 valence electrons. The van der Waals surface area contributed by atoms with E-state index in [1.165, 1.54) is 6.20 Å². The molecular formula is C7H10BrNO. The van der Waals surface area contributed by atoms with Gasteiger partial charge in [-0.1, -0.05) is 22.5 Å². The van der Waals surface area contributed by atoms with Crippen LogP contribution in [0.2, 0.25) is 0 Å². The second kappa shape index (κ2) is 5.26. The van der Waals surface area contributed by atoms with Gasteiger partial charge in [-0.05, 0) is 23.9 Å². The van der Waals surface area contributed by atoms with Gasteiger partial charge in [-0.25, -0.2) is 0 Å². The Labute approximate surface area is 68.9 Å². The third-order valence-electron chi connectivity index (χ3n) is 0.835. The molecule has 0 aliphatic carbocycles. The molecule has 0 aromatic rings. The van der Waals surface area contributed by atoms with Crippen LogP contribution in [0.4, 0.5) is 0 Å². The first-order valence-corrected chi connectivity index (χ1v) is 3.54. The molecule has 0 aliphatic heterocycles. The highest BCUT2D eigenvalue weighted by Crippen LogP contribution is 2.06. The second-order valence-corrected chi connectivity index (χ2v) is 2.70. The smallest absolute Gasteiger partial charge is 0.0682 e. The van der Waals surface area contributed by atoms with Crippen molar-refractivity contribution in [1.29, 1.82) is 0 Å². The van der Waals surface area contributed by atoms with Gasteiger partial charge in [0, 0.05) is 4.48 Å². The summed E-state index contributed by atoms with van der Waals surface area (Å²) in [4.78, 5) is 0. The van der Waals surface area contributed by atoms with Crippen molar-refractivity contribution in [2.45, 2.75) is 0 Å². The van der Waals surface area contributed by atoms with Crippen LogP contribution in [-0.2, 0) is 0 Å². The molecule has 3 N–H and O–H groups in total. The lowest BCUT2D eigenvalue weighted by molar-refractivity contribution is 0.335. The molecule has 0 amide bonds. The average molecular weight is 204 g/mol. The lowest BCUT2D eigenvalue weighted by Gasteiger charge is -1.93. The Balaban J connectivity index is 4.18. The highest BCUT2D eigenvalue weighted by Gasteiger charge is 1.87. The number of nitrogens with two attached hydrogens (primary N) is 1. The summed E-state index contributed by atoms with van der Waals surface area (Å²) in [7, 11) is 0. The Morgan fingerprint density at radius 1 is 1.70 bits per heavy atom. The van der Waals surface area contributed by atoms with Crippen molar-refractivity contribution in [2.24, 2.45) is 5.73 Å². The van der Waals surface area contributed by atoms with Gasteiger partial charge < -0.3 is 10.8 Å². The Hall–Kier alpha value is -0.540. The molecule has 0 aromatic heterocycles. The van der Waals surface area contributed by atoms with Crippen LogP contribution in [0, 0.1) is 0 Å². The molecule has 0 bridgehead atoms. The van der Waals surface area contributed by atoms with Gasteiger partial charge in [-0.3, -0.25) is 0 Å². The molecule has 0 saturated carbocycles. The topological polar surface area (TPSA) is 46.2 Å². The molecule has 0 unspecified atom stereocenters. The quantitative estimate of drug-likeness (QED) is 0.680. The molecule has 3 heteroatoms. The second-order valence-electron chi connectivity index (χ2n) is 1.68. The van der Waals surface area contributed by atoms with Gasteiger partial charge in [0.15, 0.2) is 0 Å². The zero-order valence-electron chi connectivity index (χ0n) is 5.55. The van der Waals surface area contributed by atoms with Crippen LogP contribution < -0.4 is 5.73 Å². The molecule has 0 radical (unpaired) electrons. The SMILES string of the molecule is C=C(Br)/C=C(\C=C/N)CO. The lowest BCUT2D eigenvalue weighted by atomic mass is 10.2. The van der Waals surface area contributed by atoms with Crippen LogP contribution in [0.15, 0.2) is 35.0 Å². The van der Waals surface area contributed by atoms with Crippen molar-refractivity contribution >= 4 is 15.9 Å². The van der Waals surface area contributed by atoms with E-state index < -0.39 is 0 Å². The van der Waals surface area contributed by atoms with E-state index >= 15 is 0 Å². The molecule has 0 atom stereocenters. The van der Waals surface area contributed by atoms with Crippen LogP contribution in [0.25, 0.3) is 0 Å². The predicted octanol–water partition coefficient (Wildman–Crippen LogP) is 1.29. The van der Waals surface area contributed by atoms with Gasteiger partial charge in [0.1, 0.15) is 0 Å².